The summed E-state index contributed by atoms with van der Waals surface area (Å²) in [6.45, 7) is 4.49. The Kier molecular flexibility index (Phi) is 3.84. The van der Waals surface area contributed by atoms with Gasteiger partial charge in [-0.15, -0.1) is 0 Å². The Morgan fingerprint density at radius 1 is 1.28 bits per heavy atom. The predicted molar refractivity (Wildman–Crippen MR) is 70.5 cm³/mol. The second-order valence-electron chi connectivity index (χ2n) is 5.37. The molecule has 0 bridgehead atoms. The molecule has 2 rings (SSSR count). The highest BCUT2D eigenvalue weighted by atomic mass is 16.2. The van der Waals surface area contributed by atoms with Gasteiger partial charge in [0.15, 0.2) is 0 Å². The van der Waals surface area contributed by atoms with Gasteiger partial charge in [-0.05, 0) is 37.2 Å². The molecule has 0 saturated heterocycles. The van der Waals surface area contributed by atoms with E-state index >= 15 is 0 Å². The van der Waals surface area contributed by atoms with E-state index in [1.165, 1.54) is 6.07 Å². The van der Waals surface area contributed by atoms with Crippen molar-refractivity contribution in [1.29, 1.82) is 0 Å². The first-order chi connectivity index (χ1) is 8.56. The predicted octanol–water partition coefficient (Wildman–Crippen LogP) is 1.93. The van der Waals surface area contributed by atoms with Gasteiger partial charge >= 0.3 is 0 Å². The SMILES string of the molecule is CC1CCC(NC(=O)c2cccc(=O)[nH]2)CC1C. The molecule has 18 heavy (non-hydrogen) atoms. The zero-order valence-electron chi connectivity index (χ0n) is 10.9. The third kappa shape index (κ3) is 3.00. The highest BCUT2D eigenvalue weighted by Gasteiger charge is 2.25. The number of pyridine rings is 1. The van der Waals surface area contributed by atoms with E-state index in [4.69, 9.17) is 0 Å². The molecule has 2 N–H and O–H groups in total. The van der Waals surface area contributed by atoms with E-state index in [0.717, 1.165) is 25.2 Å². The third-order valence-corrected chi connectivity index (χ3v) is 3.95. The number of H-pyrrole nitrogens is 1. The van der Waals surface area contributed by atoms with Crippen LogP contribution in [0.4, 0.5) is 0 Å². The topological polar surface area (TPSA) is 62.0 Å². The van der Waals surface area contributed by atoms with Gasteiger partial charge in [0.05, 0.1) is 0 Å². The number of carbonyl (C=O) groups is 1. The summed E-state index contributed by atoms with van der Waals surface area (Å²) in [6, 6.07) is 4.86. The number of hydrogen-bond acceptors (Lipinski definition) is 2. The molecule has 3 unspecified atom stereocenters. The monoisotopic (exact) mass is 248 g/mol. The molecule has 1 amide bonds. The van der Waals surface area contributed by atoms with Crippen LogP contribution in [0, 0.1) is 11.8 Å². The first-order valence-electron chi connectivity index (χ1n) is 6.56. The molecule has 1 aliphatic carbocycles. The molecule has 1 aromatic heterocycles. The number of carbonyl (C=O) groups excluding carboxylic acids is 1. The maximum absolute atomic E-state index is 12.0. The fourth-order valence-electron chi connectivity index (χ4n) is 2.52. The largest absolute Gasteiger partial charge is 0.348 e. The van der Waals surface area contributed by atoms with Crippen molar-refractivity contribution in [2.24, 2.45) is 11.8 Å². The maximum atomic E-state index is 12.0. The van der Waals surface area contributed by atoms with Crippen LogP contribution < -0.4 is 10.9 Å². The smallest absolute Gasteiger partial charge is 0.268 e. The molecule has 1 aliphatic rings. The molecule has 4 heteroatoms. The van der Waals surface area contributed by atoms with E-state index in [-0.39, 0.29) is 17.5 Å². The van der Waals surface area contributed by atoms with E-state index in [9.17, 15) is 9.59 Å². The molecule has 1 fully saturated rings. The summed E-state index contributed by atoms with van der Waals surface area (Å²) in [6.07, 6.45) is 3.19. The zero-order valence-corrected chi connectivity index (χ0v) is 10.9. The minimum Gasteiger partial charge on any atom is -0.348 e. The number of aromatic nitrogens is 1. The van der Waals surface area contributed by atoms with Crippen LogP contribution in [0.2, 0.25) is 0 Å². The lowest BCUT2D eigenvalue weighted by Gasteiger charge is -2.32. The second kappa shape index (κ2) is 5.38. The molecule has 0 aliphatic heterocycles. The van der Waals surface area contributed by atoms with Gasteiger partial charge in [0.2, 0.25) is 5.56 Å². The van der Waals surface area contributed by atoms with Crippen LogP contribution in [-0.2, 0) is 0 Å². The number of amides is 1. The fourth-order valence-corrected chi connectivity index (χ4v) is 2.52. The molecule has 0 radical (unpaired) electrons. The first-order valence-corrected chi connectivity index (χ1v) is 6.56. The van der Waals surface area contributed by atoms with Crippen molar-refractivity contribution < 1.29 is 4.79 Å². The lowest BCUT2D eigenvalue weighted by molar-refractivity contribution is 0.0905. The second-order valence-corrected chi connectivity index (χ2v) is 5.37. The third-order valence-electron chi connectivity index (χ3n) is 3.95. The summed E-state index contributed by atoms with van der Waals surface area (Å²) >= 11 is 0. The molecule has 1 saturated carbocycles. The molecule has 98 valence electrons. The minimum absolute atomic E-state index is 0.181. The van der Waals surface area contributed by atoms with Gasteiger partial charge in [0, 0.05) is 12.1 Å². The molecule has 0 spiro atoms. The van der Waals surface area contributed by atoms with Crippen LogP contribution in [0.1, 0.15) is 43.6 Å². The Labute approximate surface area is 107 Å². The summed E-state index contributed by atoms with van der Waals surface area (Å²) < 4.78 is 0. The van der Waals surface area contributed by atoms with Crippen molar-refractivity contribution in [3.05, 3.63) is 34.2 Å². The molecule has 3 atom stereocenters. The maximum Gasteiger partial charge on any atom is 0.268 e. The first kappa shape index (κ1) is 12.9. The van der Waals surface area contributed by atoms with Gasteiger partial charge in [-0.1, -0.05) is 19.9 Å². The van der Waals surface area contributed by atoms with Crippen molar-refractivity contribution in [2.45, 2.75) is 39.2 Å². The lowest BCUT2D eigenvalue weighted by Crippen LogP contribution is -2.40. The quantitative estimate of drug-likeness (QED) is 0.840. The van der Waals surface area contributed by atoms with Crippen LogP contribution in [0.15, 0.2) is 23.0 Å². The Hall–Kier alpha value is -1.58. The number of hydrogen-bond donors (Lipinski definition) is 2. The normalized spacial score (nSPS) is 27.8. The van der Waals surface area contributed by atoms with Crippen molar-refractivity contribution in [1.82, 2.24) is 10.3 Å². The fraction of sp³-hybridized carbons (Fsp3) is 0.571. The summed E-state index contributed by atoms with van der Waals surface area (Å²) in [5.74, 6) is 1.19. The number of aromatic amines is 1. The standard InChI is InChI=1S/C14H20N2O2/c1-9-6-7-11(8-10(9)2)15-14(18)12-4-3-5-13(17)16-12/h3-5,9-11H,6-8H2,1-2H3,(H,15,18)(H,16,17). The molecule has 1 aromatic rings. The van der Waals surface area contributed by atoms with E-state index in [1.807, 2.05) is 0 Å². The number of rotatable bonds is 2. The van der Waals surface area contributed by atoms with Crippen LogP contribution >= 0.6 is 0 Å². The zero-order chi connectivity index (χ0) is 13.1. The lowest BCUT2D eigenvalue weighted by atomic mass is 9.79. The van der Waals surface area contributed by atoms with Crippen molar-refractivity contribution in [3.8, 4) is 0 Å². The molecule has 4 nitrogen and oxygen atoms in total. The minimum atomic E-state index is -0.242. The van der Waals surface area contributed by atoms with Gasteiger partial charge in [-0.25, -0.2) is 0 Å². The van der Waals surface area contributed by atoms with Crippen molar-refractivity contribution in [2.75, 3.05) is 0 Å². The van der Waals surface area contributed by atoms with Gasteiger partial charge in [-0.3, -0.25) is 9.59 Å². The molecule has 0 aromatic carbocycles. The van der Waals surface area contributed by atoms with E-state index in [1.54, 1.807) is 12.1 Å². The van der Waals surface area contributed by atoms with Gasteiger partial charge in [0.25, 0.3) is 5.91 Å². The summed E-state index contributed by atoms with van der Waals surface area (Å²) in [7, 11) is 0. The van der Waals surface area contributed by atoms with Gasteiger partial charge in [-0.2, -0.15) is 0 Å². The van der Waals surface area contributed by atoms with Crippen molar-refractivity contribution >= 4 is 5.91 Å². The van der Waals surface area contributed by atoms with E-state index < -0.39 is 0 Å². The van der Waals surface area contributed by atoms with Crippen LogP contribution in [0.25, 0.3) is 0 Å². The highest BCUT2D eigenvalue weighted by molar-refractivity contribution is 5.92. The summed E-state index contributed by atoms with van der Waals surface area (Å²) in [5.41, 5.74) is 0.0991. The molecular formula is C14H20N2O2. The molecular weight excluding hydrogens is 228 g/mol. The summed E-state index contributed by atoms with van der Waals surface area (Å²) in [4.78, 5) is 25.7. The van der Waals surface area contributed by atoms with Crippen LogP contribution in [0.5, 0.6) is 0 Å². The van der Waals surface area contributed by atoms with Crippen LogP contribution in [-0.4, -0.2) is 16.9 Å². The average Bonchev–Trinajstić information content (AvgIpc) is 2.34. The Morgan fingerprint density at radius 3 is 2.72 bits per heavy atom. The van der Waals surface area contributed by atoms with Gasteiger partial charge < -0.3 is 10.3 Å². The molecule has 1 heterocycles. The summed E-state index contributed by atoms with van der Waals surface area (Å²) in [5, 5.41) is 3.00. The Bertz CT molecular complexity index is 481. The van der Waals surface area contributed by atoms with E-state index in [2.05, 4.69) is 24.1 Å². The van der Waals surface area contributed by atoms with Gasteiger partial charge in [0.1, 0.15) is 5.69 Å². The van der Waals surface area contributed by atoms with Crippen LogP contribution in [0.3, 0.4) is 0 Å². The van der Waals surface area contributed by atoms with Crippen molar-refractivity contribution in [3.63, 3.8) is 0 Å². The Balaban J connectivity index is 1.98. The highest BCUT2D eigenvalue weighted by Crippen LogP contribution is 2.29. The average molecular weight is 248 g/mol. The number of nitrogens with one attached hydrogen (secondary N) is 2. The Morgan fingerprint density at radius 2 is 2.06 bits per heavy atom. The van der Waals surface area contributed by atoms with E-state index in [0.29, 0.717) is 11.6 Å².